The van der Waals surface area contributed by atoms with Crippen molar-refractivity contribution in [1.29, 1.82) is 0 Å². The molecule has 1 amide bonds. The van der Waals surface area contributed by atoms with E-state index in [4.69, 9.17) is 0 Å². The zero-order chi connectivity index (χ0) is 17.3. The fourth-order valence-electron chi connectivity index (χ4n) is 2.85. The number of carbonyl (C=O) groups excluding carboxylic acids is 2. The van der Waals surface area contributed by atoms with Gasteiger partial charge in [0, 0.05) is 22.8 Å². The first-order valence-corrected chi connectivity index (χ1v) is 8.16. The molecule has 1 aromatic heterocycles. The lowest BCUT2D eigenvalue weighted by atomic mass is 9.89. The van der Waals surface area contributed by atoms with Gasteiger partial charge in [-0.3, -0.25) is 14.6 Å². The van der Waals surface area contributed by atoms with E-state index in [0.29, 0.717) is 11.3 Å². The zero-order valence-electron chi connectivity index (χ0n) is 12.8. The molecule has 1 unspecified atom stereocenters. The van der Waals surface area contributed by atoms with Gasteiger partial charge in [-0.25, -0.2) is 0 Å². The summed E-state index contributed by atoms with van der Waals surface area (Å²) in [4.78, 5) is 30.7. The highest BCUT2D eigenvalue weighted by atomic mass is 79.9. The van der Waals surface area contributed by atoms with E-state index in [1.54, 1.807) is 42.5 Å². The van der Waals surface area contributed by atoms with Gasteiger partial charge in [-0.2, -0.15) is 0 Å². The lowest BCUT2D eigenvalue weighted by Gasteiger charge is -2.22. The van der Waals surface area contributed by atoms with E-state index < -0.39 is 17.3 Å². The van der Waals surface area contributed by atoms with Gasteiger partial charge in [-0.05, 0) is 30.3 Å². The van der Waals surface area contributed by atoms with E-state index in [0.717, 1.165) is 4.47 Å². The average Bonchev–Trinajstić information content (AvgIpc) is 2.78. The van der Waals surface area contributed by atoms with Gasteiger partial charge in [0.15, 0.2) is 11.4 Å². The molecular weight excluding hydrogens is 372 g/mol. The molecule has 0 spiro atoms. The SMILES string of the molecule is C=CCN1C(=O)C(O)(CC(=O)c2ccccn2)c2cc(Br)ccc21. The maximum absolute atomic E-state index is 12.8. The zero-order valence-corrected chi connectivity index (χ0v) is 14.4. The number of ketones is 1. The normalized spacial score (nSPS) is 19.2. The summed E-state index contributed by atoms with van der Waals surface area (Å²) in [7, 11) is 0. The second-order valence-corrected chi connectivity index (χ2v) is 6.46. The largest absolute Gasteiger partial charge is 0.375 e. The Morgan fingerprint density at radius 2 is 2.17 bits per heavy atom. The molecular formula is C18H15BrN2O3. The Morgan fingerprint density at radius 3 is 2.83 bits per heavy atom. The van der Waals surface area contributed by atoms with Crippen LogP contribution in [0.25, 0.3) is 0 Å². The molecule has 1 N–H and O–H groups in total. The van der Waals surface area contributed by atoms with Crippen LogP contribution in [0.1, 0.15) is 22.5 Å². The van der Waals surface area contributed by atoms with Gasteiger partial charge >= 0.3 is 0 Å². The maximum atomic E-state index is 12.8. The van der Waals surface area contributed by atoms with Gasteiger partial charge < -0.3 is 10.0 Å². The van der Waals surface area contributed by atoms with Crippen LogP contribution in [0.5, 0.6) is 0 Å². The molecule has 2 aromatic rings. The number of fused-ring (bicyclic) bond motifs is 1. The first-order valence-electron chi connectivity index (χ1n) is 7.37. The predicted molar refractivity (Wildman–Crippen MR) is 93.8 cm³/mol. The van der Waals surface area contributed by atoms with Crippen LogP contribution in [0.2, 0.25) is 0 Å². The topological polar surface area (TPSA) is 70.5 Å². The highest BCUT2D eigenvalue weighted by molar-refractivity contribution is 9.10. The third-order valence-corrected chi connectivity index (χ3v) is 4.47. The Morgan fingerprint density at radius 1 is 1.38 bits per heavy atom. The molecule has 1 aromatic carbocycles. The van der Waals surface area contributed by atoms with Gasteiger partial charge in [-0.1, -0.05) is 28.1 Å². The summed E-state index contributed by atoms with van der Waals surface area (Å²) in [5.41, 5.74) is -0.693. The van der Waals surface area contributed by atoms with Crippen LogP contribution in [0, 0.1) is 0 Å². The first kappa shape index (κ1) is 16.5. The summed E-state index contributed by atoms with van der Waals surface area (Å²) in [5, 5.41) is 11.1. The average molecular weight is 387 g/mol. The molecule has 1 aliphatic rings. The second kappa shape index (κ2) is 6.30. The molecule has 0 aliphatic carbocycles. The van der Waals surface area contributed by atoms with Crippen molar-refractivity contribution in [2.24, 2.45) is 0 Å². The molecule has 0 saturated carbocycles. The highest BCUT2D eigenvalue weighted by Gasteiger charge is 2.50. The lowest BCUT2D eigenvalue weighted by molar-refractivity contribution is -0.135. The molecule has 1 aliphatic heterocycles. The highest BCUT2D eigenvalue weighted by Crippen LogP contribution is 2.43. The number of nitrogens with zero attached hydrogens (tertiary/aromatic N) is 2. The van der Waals surface area contributed by atoms with E-state index in [1.807, 2.05) is 0 Å². The Balaban J connectivity index is 2.03. The summed E-state index contributed by atoms with van der Waals surface area (Å²) in [6.07, 6.45) is 2.72. The van der Waals surface area contributed by atoms with Crippen LogP contribution < -0.4 is 4.90 Å². The van der Waals surface area contributed by atoms with E-state index >= 15 is 0 Å². The Labute approximate surface area is 147 Å². The number of hydrogen-bond acceptors (Lipinski definition) is 4. The molecule has 1 atom stereocenters. The summed E-state index contributed by atoms with van der Waals surface area (Å²) in [5.74, 6) is -0.919. The fraction of sp³-hybridized carbons (Fsp3) is 0.167. The molecule has 3 rings (SSSR count). The number of amides is 1. The second-order valence-electron chi connectivity index (χ2n) is 5.54. The number of aliphatic hydroxyl groups is 1. The van der Waals surface area contributed by atoms with Crippen molar-refractivity contribution < 1.29 is 14.7 Å². The quantitative estimate of drug-likeness (QED) is 0.633. The fourth-order valence-corrected chi connectivity index (χ4v) is 3.22. The van der Waals surface area contributed by atoms with Crippen LogP contribution >= 0.6 is 15.9 Å². The standard InChI is InChI=1S/C18H15BrN2O3/c1-2-9-21-15-7-6-12(19)10-13(15)18(24,17(21)23)11-16(22)14-5-3-4-8-20-14/h2-8,10,24H,1,9,11H2. The van der Waals surface area contributed by atoms with Crippen molar-refractivity contribution in [3.63, 3.8) is 0 Å². The summed E-state index contributed by atoms with van der Waals surface area (Å²) in [6.45, 7) is 3.90. The lowest BCUT2D eigenvalue weighted by Crippen LogP contribution is -2.42. The van der Waals surface area contributed by atoms with E-state index in [1.165, 1.54) is 11.1 Å². The molecule has 0 fully saturated rings. The molecule has 0 bridgehead atoms. The van der Waals surface area contributed by atoms with Crippen LogP contribution in [0.3, 0.4) is 0 Å². The smallest absolute Gasteiger partial charge is 0.264 e. The third-order valence-electron chi connectivity index (χ3n) is 3.97. The number of Topliss-reactive ketones (excluding diaryl/α,β-unsaturated/α-hetero) is 1. The van der Waals surface area contributed by atoms with Crippen molar-refractivity contribution >= 4 is 33.3 Å². The van der Waals surface area contributed by atoms with Crippen molar-refractivity contribution in [2.75, 3.05) is 11.4 Å². The van der Waals surface area contributed by atoms with Crippen molar-refractivity contribution in [3.8, 4) is 0 Å². The van der Waals surface area contributed by atoms with Gasteiger partial charge in [0.05, 0.1) is 12.1 Å². The van der Waals surface area contributed by atoms with Gasteiger partial charge in [0.2, 0.25) is 0 Å². The van der Waals surface area contributed by atoms with Gasteiger partial charge in [-0.15, -0.1) is 6.58 Å². The number of anilines is 1. The molecule has 5 nitrogen and oxygen atoms in total. The Bertz CT molecular complexity index is 822. The van der Waals surface area contributed by atoms with Crippen LogP contribution in [-0.2, 0) is 10.4 Å². The van der Waals surface area contributed by atoms with Crippen molar-refractivity contribution in [2.45, 2.75) is 12.0 Å². The number of carbonyl (C=O) groups is 2. The van der Waals surface area contributed by atoms with Crippen LogP contribution in [-0.4, -0.2) is 28.3 Å². The van der Waals surface area contributed by atoms with Gasteiger partial charge in [0.1, 0.15) is 5.69 Å². The maximum Gasteiger partial charge on any atom is 0.264 e. The number of benzene rings is 1. The number of pyridine rings is 1. The minimum absolute atomic E-state index is 0.220. The molecule has 0 saturated heterocycles. The van der Waals surface area contributed by atoms with E-state index in [9.17, 15) is 14.7 Å². The Kier molecular flexibility index (Phi) is 4.34. The van der Waals surface area contributed by atoms with Crippen LogP contribution in [0.15, 0.2) is 59.7 Å². The molecule has 122 valence electrons. The monoisotopic (exact) mass is 386 g/mol. The number of aromatic nitrogens is 1. The third kappa shape index (κ3) is 2.68. The number of rotatable bonds is 5. The Hall–Kier alpha value is -2.31. The minimum Gasteiger partial charge on any atom is -0.375 e. The summed E-state index contributed by atoms with van der Waals surface area (Å²) < 4.78 is 0.721. The summed E-state index contributed by atoms with van der Waals surface area (Å²) in [6, 6.07) is 10.1. The van der Waals surface area contributed by atoms with Crippen LogP contribution in [0.4, 0.5) is 5.69 Å². The number of halogens is 1. The predicted octanol–water partition coefficient (Wildman–Crippen LogP) is 2.84. The van der Waals surface area contributed by atoms with E-state index in [-0.39, 0.29) is 18.7 Å². The first-order chi connectivity index (χ1) is 11.5. The van der Waals surface area contributed by atoms with Crippen molar-refractivity contribution in [3.05, 3.63) is 71.0 Å². The van der Waals surface area contributed by atoms with Crippen molar-refractivity contribution in [1.82, 2.24) is 4.98 Å². The molecule has 6 heteroatoms. The molecule has 0 radical (unpaired) electrons. The van der Waals surface area contributed by atoms with Gasteiger partial charge in [0.25, 0.3) is 5.91 Å². The molecule has 24 heavy (non-hydrogen) atoms. The summed E-state index contributed by atoms with van der Waals surface area (Å²) >= 11 is 3.35. The molecule has 2 heterocycles. The van der Waals surface area contributed by atoms with E-state index in [2.05, 4.69) is 27.5 Å². The minimum atomic E-state index is -1.91. The number of hydrogen-bond donors (Lipinski definition) is 1.